The highest BCUT2D eigenvalue weighted by atomic mass is 127. The van der Waals surface area contributed by atoms with Crippen LogP contribution in [0.2, 0.25) is 0 Å². The number of benzene rings is 1. The highest BCUT2D eigenvalue weighted by Crippen LogP contribution is 2.14. The van der Waals surface area contributed by atoms with Crippen molar-refractivity contribution in [3.05, 3.63) is 32.9 Å². The van der Waals surface area contributed by atoms with Crippen LogP contribution in [0.1, 0.15) is 15.9 Å². The van der Waals surface area contributed by atoms with E-state index in [1.165, 1.54) is 0 Å². The maximum absolute atomic E-state index is 11.5. The molecule has 0 bridgehead atoms. The standard InChI is InChI=1S/C9H10INO3S/c1-6-3-4-8(10)7(5-6)9(12)11-15(2,13)14/h3-5H,1-2H3,(H,11,12). The van der Waals surface area contributed by atoms with Gasteiger partial charge in [-0.1, -0.05) is 11.6 Å². The van der Waals surface area contributed by atoms with E-state index in [0.717, 1.165) is 15.4 Å². The van der Waals surface area contributed by atoms with Gasteiger partial charge in [0.1, 0.15) is 0 Å². The summed E-state index contributed by atoms with van der Waals surface area (Å²) in [6.45, 7) is 1.84. The molecule has 1 amide bonds. The average Bonchev–Trinajstić information content (AvgIpc) is 2.06. The van der Waals surface area contributed by atoms with Crippen molar-refractivity contribution in [1.82, 2.24) is 4.72 Å². The number of aryl methyl sites for hydroxylation is 1. The van der Waals surface area contributed by atoms with E-state index in [1.807, 2.05) is 40.3 Å². The third kappa shape index (κ3) is 3.78. The van der Waals surface area contributed by atoms with Crippen LogP contribution in [0, 0.1) is 10.5 Å². The Morgan fingerprint density at radius 3 is 2.53 bits per heavy atom. The Morgan fingerprint density at radius 2 is 2.00 bits per heavy atom. The van der Waals surface area contributed by atoms with Gasteiger partial charge in [0.25, 0.3) is 5.91 Å². The van der Waals surface area contributed by atoms with Crippen LogP contribution in [-0.2, 0) is 10.0 Å². The molecule has 0 unspecified atom stereocenters. The van der Waals surface area contributed by atoms with Gasteiger partial charge in [0.15, 0.2) is 0 Å². The number of hydrogen-bond acceptors (Lipinski definition) is 3. The summed E-state index contributed by atoms with van der Waals surface area (Å²) in [6.07, 6.45) is 0.952. The summed E-state index contributed by atoms with van der Waals surface area (Å²) >= 11 is 1.99. The van der Waals surface area contributed by atoms with Crippen LogP contribution in [0.15, 0.2) is 18.2 Å². The zero-order chi connectivity index (χ0) is 11.6. The fraction of sp³-hybridized carbons (Fsp3) is 0.222. The molecule has 4 nitrogen and oxygen atoms in total. The molecule has 1 N–H and O–H groups in total. The Balaban J connectivity index is 3.06. The highest BCUT2D eigenvalue weighted by molar-refractivity contribution is 14.1. The molecule has 1 aromatic carbocycles. The number of carbonyl (C=O) groups is 1. The minimum atomic E-state index is -3.50. The van der Waals surface area contributed by atoms with Crippen LogP contribution in [-0.4, -0.2) is 20.6 Å². The van der Waals surface area contributed by atoms with Crippen LogP contribution in [0.25, 0.3) is 0 Å². The zero-order valence-corrected chi connectivity index (χ0v) is 11.2. The topological polar surface area (TPSA) is 63.2 Å². The fourth-order valence-electron chi connectivity index (χ4n) is 1.04. The van der Waals surface area contributed by atoms with Crippen molar-refractivity contribution in [1.29, 1.82) is 0 Å². The van der Waals surface area contributed by atoms with Gasteiger partial charge in [-0.3, -0.25) is 4.79 Å². The summed E-state index contributed by atoms with van der Waals surface area (Å²) in [4.78, 5) is 11.5. The summed E-state index contributed by atoms with van der Waals surface area (Å²) in [7, 11) is -3.50. The third-order valence-electron chi connectivity index (χ3n) is 1.64. The van der Waals surface area contributed by atoms with Gasteiger partial charge >= 0.3 is 0 Å². The van der Waals surface area contributed by atoms with Crippen LogP contribution in [0.4, 0.5) is 0 Å². The van der Waals surface area contributed by atoms with Gasteiger partial charge in [-0.25, -0.2) is 13.1 Å². The van der Waals surface area contributed by atoms with Crippen LogP contribution < -0.4 is 4.72 Å². The largest absolute Gasteiger partial charge is 0.268 e. The normalized spacial score (nSPS) is 11.1. The van der Waals surface area contributed by atoms with Crippen molar-refractivity contribution in [2.24, 2.45) is 0 Å². The number of hydrogen-bond donors (Lipinski definition) is 1. The fourth-order valence-corrected chi connectivity index (χ4v) is 2.06. The average molecular weight is 339 g/mol. The van der Waals surface area contributed by atoms with Crippen LogP contribution >= 0.6 is 22.6 Å². The first-order valence-electron chi connectivity index (χ1n) is 4.08. The number of carbonyl (C=O) groups excluding carboxylic acids is 1. The maximum atomic E-state index is 11.5. The lowest BCUT2D eigenvalue weighted by Gasteiger charge is -2.05. The molecule has 82 valence electrons. The van der Waals surface area contributed by atoms with E-state index in [9.17, 15) is 13.2 Å². The predicted molar refractivity (Wildman–Crippen MR) is 66.2 cm³/mol. The molecule has 0 spiro atoms. The monoisotopic (exact) mass is 339 g/mol. The minimum Gasteiger partial charge on any atom is -0.268 e. The van der Waals surface area contributed by atoms with Gasteiger partial charge in [0.2, 0.25) is 10.0 Å². The second kappa shape index (κ2) is 4.48. The van der Waals surface area contributed by atoms with Gasteiger partial charge in [-0.05, 0) is 41.6 Å². The lowest BCUT2D eigenvalue weighted by atomic mass is 10.1. The molecule has 0 aliphatic heterocycles. The molecular formula is C9H10INO3S. The predicted octanol–water partition coefficient (Wildman–Crippen LogP) is 1.29. The minimum absolute atomic E-state index is 0.376. The molecule has 0 aliphatic rings. The van der Waals surface area contributed by atoms with Gasteiger partial charge < -0.3 is 0 Å². The van der Waals surface area contributed by atoms with E-state index in [0.29, 0.717) is 5.56 Å². The van der Waals surface area contributed by atoms with Crippen molar-refractivity contribution >= 4 is 38.5 Å². The number of nitrogens with one attached hydrogen (secondary N) is 1. The van der Waals surface area contributed by atoms with Gasteiger partial charge in [0.05, 0.1) is 11.8 Å². The Kier molecular flexibility index (Phi) is 3.72. The van der Waals surface area contributed by atoms with Gasteiger partial charge in [-0.15, -0.1) is 0 Å². The second-order valence-corrected chi connectivity index (χ2v) is 6.10. The molecule has 0 fully saturated rings. The summed E-state index contributed by atoms with van der Waals surface area (Å²) < 4.78 is 24.4. The van der Waals surface area contributed by atoms with Crippen molar-refractivity contribution in [2.75, 3.05) is 6.26 Å². The molecule has 0 heterocycles. The van der Waals surface area contributed by atoms with E-state index in [2.05, 4.69) is 0 Å². The first-order valence-corrected chi connectivity index (χ1v) is 7.05. The van der Waals surface area contributed by atoms with E-state index < -0.39 is 15.9 Å². The molecule has 1 aromatic rings. The van der Waals surface area contributed by atoms with Crippen molar-refractivity contribution < 1.29 is 13.2 Å². The number of amides is 1. The molecule has 0 saturated heterocycles. The summed E-state index contributed by atoms with van der Waals surface area (Å²) in [5.41, 5.74) is 1.29. The van der Waals surface area contributed by atoms with Crippen molar-refractivity contribution in [3.63, 3.8) is 0 Å². The third-order valence-corrected chi connectivity index (χ3v) is 3.14. The molecule has 0 saturated carbocycles. The lowest BCUT2D eigenvalue weighted by Crippen LogP contribution is -2.29. The molecule has 0 atom stereocenters. The summed E-state index contributed by atoms with van der Waals surface area (Å²) in [6, 6.07) is 5.29. The maximum Gasteiger partial charge on any atom is 0.265 e. The van der Waals surface area contributed by atoms with Gasteiger partial charge in [0, 0.05) is 3.57 Å². The van der Waals surface area contributed by atoms with E-state index in [1.54, 1.807) is 12.1 Å². The molecule has 0 radical (unpaired) electrons. The highest BCUT2D eigenvalue weighted by Gasteiger charge is 2.13. The second-order valence-electron chi connectivity index (χ2n) is 3.19. The first kappa shape index (κ1) is 12.4. The van der Waals surface area contributed by atoms with E-state index in [-0.39, 0.29) is 0 Å². The molecule has 6 heteroatoms. The molecule has 0 aromatic heterocycles. The molecule has 15 heavy (non-hydrogen) atoms. The zero-order valence-electron chi connectivity index (χ0n) is 8.24. The molecular weight excluding hydrogens is 329 g/mol. The van der Waals surface area contributed by atoms with Crippen LogP contribution in [0.5, 0.6) is 0 Å². The number of rotatable bonds is 2. The van der Waals surface area contributed by atoms with Gasteiger partial charge in [-0.2, -0.15) is 0 Å². The lowest BCUT2D eigenvalue weighted by molar-refractivity contribution is 0.0980. The van der Waals surface area contributed by atoms with E-state index in [4.69, 9.17) is 0 Å². The Hall–Kier alpha value is -0.630. The summed E-state index contributed by atoms with van der Waals surface area (Å²) in [5, 5.41) is 0. The molecule has 1 rings (SSSR count). The number of halogens is 1. The quantitative estimate of drug-likeness (QED) is 0.826. The van der Waals surface area contributed by atoms with Crippen molar-refractivity contribution in [3.8, 4) is 0 Å². The smallest absolute Gasteiger partial charge is 0.265 e. The van der Waals surface area contributed by atoms with Crippen LogP contribution in [0.3, 0.4) is 0 Å². The number of sulfonamides is 1. The Morgan fingerprint density at radius 1 is 1.40 bits per heavy atom. The van der Waals surface area contributed by atoms with Crippen molar-refractivity contribution in [2.45, 2.75) is 6.92 Å². The van der Waals surface area contributed by atoms with E-state index >= 15 is 0 Å². The molecule has 0 aliphatic carbocycles. The SMILES string of the molecule is Cc1ccc(I)c(C(=O)NS(C)(=O)=O)c1. The Labute approximate surface area is 102 Å². The first-order chi connectivity index (χ1) is 6.79. The Bertz CT molecular complexity index is 496. The summed E-state index contributed by atoms with van der Waals surface area (Å²) in [5.74, 6) is -0.592.